The molecular formula is C13H13NO2. The first kappa shape index (κ1) is 9.46. The number of nitrogens with zero attached hydrogens (tertiary/aromatic N) is 1. The third-order valence-electron chi connectivity index (χ3n) is 3.06. The second-order valence-corrected chi connectivity index (χ2v) is 4.02. The molecule has 1 aromatic carbocycles. The van der Waals surface area contributed by atoms with Crippen LogP contribution in [0.2, 0.25) is 0 Å². The number of aryl methyl sites for hydroxylation is 1. The van der Waals surface area contributed by atoms with E-state index in [9.17, 15) is 0 Å². The molecule has 0 atom stereocenters. The number of hydrogen-bond acceptors (Lipinski definition) is 3. The van der Waals surface area contributed by atoms with Gasteiger partial charge < -0.3 is 9.26 Å². The third kappa shape index (κ3) is 1.40. The van der Waals surface area contributed by atoms with Crippen molar-refractivity contribution in [3.8, 4) is 17.1 Å². The SMILES string of the molecule is COc1ccc(-c2onc3c2CCC3)cc1. The third-order valence-corrected chi connectivity index (χ3v) is 3.06. The smallest absolute Gasteiger partial charge is 0.170 e. The van der Waals surface area contributed by atoms with Gasteiger partial charge in [0.1, 0.15) is 5.75 Å². The van der Waals surface area contributed by atoms with Crippen molar-refractivity contribution in [3.63, 3.8) is 0 Å². The van der Waals surface area contributed by atoms with Crippen LogP contribution in [-0.4, -0.2) is 12.3 Å². The summed E-state index contributed by atoms with van der Waals surface area (Å²) in [6, 6.07) is 7.91. The zero-order chi connectivity index (χ0) is 11.0. The highest BCUT2D eigenvalue weighted by molar-refractivity contribution is 5.63. The fourth-order valence-corrected chi connectivity index (χ4v) is 2.20. The maximum absolute atomic E-state index is 5.41. The minimum Gasteiger partial charge on any atom is -0.497 e. The van der Waals surface area contributed by atoms with E-state index in [4.69, 9.17) is 9.26 Å². The van der Waals surface area contributed by atoms with Crippen molar-refractivity contribution >= 4 is 0 Å². The number of fused-ring (bicyclic) bond motifs is 1. The molecule has 0 radical (unpaired) electrons. The van der Waals surface area contributed by atoms with Crippen LogP contribution in [0.5, 0.6) is 5.75 Å². The molecule has 0 bridgehead atoms. The fourth-order valence-electron chi connectivity index (χ4n) is 2.20. The Kier molecular flexibility index (Phi) is 2.17. The van der Waals surface area contributed by atoms with Crippen LogP contribution >= 0.6 is 0 Å². The Morgan fingerprint density at radius 2 is 2.00 bits per heavy atom. The van der Waals surface area contributed by atoms with Crippen molar-refractivity contribution in [2.75, 3.05) is 7.11 Å². The lowest BCUT2D eigenvalue weighted by atomic mass is 10.1. The Morgan fingerprint density at radius 3 is 2.75 bits per heavy atom. The predicted octanol–water partition coefficient (Wildman–Crippen LogP) is 2.84. The average Bonchev–Trinajstić information content (AvgIpc) is 2.91. The van der Waals surface area contributed by atoms with E-state index in [-0.39, 0.29) is 0 Å². The van der Waals surface area contributed by atoms with E-state index in [1.165, 1.54) is 12.0 Å². The molecule has 0 unspecified atom stereocenters. The van der Waals surface area contributed by atoms with Gasteiger partial charge in [-0.25, -0.2) is 0 Å². The van der Waals surface area contributed by atoms with Crippen molar-refractivity contribution in [1.29, 1.82) is 0 Å². The second-order valence-electron chi connectivity index (χ2n) is 4.02. The summed E-state index contributed by atoms with van der Waals surface area (Å²) in [5, 5.41) is 4.11. The normalized spacial score (nSPS) is 13.8. The van der Waals surface area contributed by atoms with Gasteiger partial charge in [-0.3, -0.25) is 0 Å². The summed E-state index contributed by atoms with van der Waals surface area (Å²) in [6.07, 6.45) is 3.33. The summed E-state index contributed by atoms with van der Waals surface area (Å²) in [5.41, 5.74) is 3.49. The van der Waals surface area contributed by atoms with Gasteiger partial charge in [0.2, 0.25) is 0 Å². The molecule has 0 amide bonds. The molecule has 1 aliphatic rings. The minimum atomic E-state index is 0.861. The lowest BCUT2D eigenvalue weighted by Crippen LogP contribution is -1.84. The Labute approximate surface area is 94.0 Å². The maximum atomic E-state index is 5.41. The van der Waals surface area contributed by atoms with Crippen molar-refractivity contribution in [1.82, 2.24) is 5.16 Å². The van der Waals surface area contributed by atoms with E-state index >= 15 is 0 Å². The molecule has 1 aliphatic carbocycles. The molecule has 16 heavy (non-hydrogen) atoms. The monoisotopic (exact) mass is 215 g/mol. The van der Waals surface area contributed by atoms with Gasteiger partial charge >= 0.3 is 0 Å². The van der Waals surface area contributed by atoms with Gasteiger partial charge in [-0.2, -0.15) is 0 Å². The van der Waals surface area contributed by atoms with Gasteiger partial charge in [0.05, 0.1) is 12.8 Å². The molecule has 0 spiro atoms. The number of ether oxygens (including phenoxy) is 1. The minimum absolute atomic E-state index is 0.861. The summed E-state index contributed by atoms with van der Waals surface area (Å²) in [7, 11) is 1.67. The standard InChI is InChI=1S/C13H13NO2/c1-15-10-7-5-9(6-8-10)13-11-3-2-4-12(11)14-16-13/h5-8H,2-4H2,1H3. The van der Waals surface area contributed by atoms with Gasteiger partial charge in [-0.05, 0) is 43.5 Å². The van der Waals surface area contributed by atoms with Gasteiger partial charge in [-0.15, -0.1) is 0 Å². The first-order valence-corrected chi connectivity index (χ1v) is 5.50. The molecule has 3 nitrogen and oxygen atoms in total. The van der Waals surface area contributed by atoms with Crippen LogP contribution in [0.1, 0.15) is 17.7 Å². The van der Waals surface area contributed by atoms with E-state index in [2.05, 4.69) is 5.16 Å². The summed E-state index contributed by atoms with van der Waals surface area (Å²) in [6.45, 7) is 0. The lowest BCUT2D eigenvalue weighted by molar-refractivity contribution is 0.413. The summed E-state index contributed by atoms with van der Waals surface area (Å²) in [4.78, 5) is 0. The molecule has 0 saturated carbocycles. The van der Waals surface area contributed by atoms with E-state index in [0.717, 1.165) is 35.6 Å². The highest BCUT2D eigenvalue weighted by Crippen LogP contribution is 2.32. The first-order chi connectivity index (χ1) is 7.88. The zero-order valence-corrected chi connectivity index (χ0v) is 9.19. The highest BCUT2D eigenvalue weighted by Gasteiger charge is 2.21. The predicted molar refractivity (Wildman–Crippen MR) is 60.5 cm³/mol. The highest BCUT2D eigenvalue weighted by atomic mass is 16.5. The molecule has 0 aliphatic heterocycles. The zero-order valence-electron chi connectivity index (χ0n) is 9.19. The van der Waals surface area contributed by atoms with Gasteiger partial charge in [-0.1, -0.05) is 5.16 Å². The van der Waals surface area contributed by atoms with E-state index < -0.39 is 0 Å². The largest absolute Gasteiger partial charge is 0.497 e. The molecule has 1 aromatic heterocycles. The van der Waals surface area contributed by atoms with Crippen LogP contribution in [0.25, 0.3) is 11.3 Å². The quantitative estimate of drug-likeness (QED) is 0.772. The first-order valence-electron chi connectivity index (χ1n) is 5.50. The van der Waals surface area contributed by atoms with Crippen LogP contribution in [0.4, 0.5) is 0 Å². The van der Waals surface area contributed by atoms with Gasteiger partial charge in [0, 0.05) is 11.1 Å². The number of benzene rings is 1. The van der Waals surface area contributed by atoms with Crippen molar-refractivity contribution < 1.29 is 9.26 Å². The molecule has 2 aromatic rings. The molecule has 82 valence electrons. The van der Waals surface area contributed by atoms with Gasteiger partial charge in [0.25, 0.3) is 0 Å². The van der Waals surface area contributed by atoms with E-state index in [1.807, 2.05) is 24.3 Å². The topological polar surface area (TPSA) is 35.3 Å². The Hall–Kier alpha value is -1.77. The average molecular weight is 215 g/mol. The Morgan fingerprint density at radius 1 is 1.19 bits per heavy atom. The number of hydrogen-bond donors (Lipinski definition) is 0. The van der Waals surface area contributed by atoms with Crippen molar-refractivity contribution in [2.45, 2.75) is 19.3 Å². The number of methoxy groups -OCH3 is 1. The molecule has 3 heteroatoms. The number of aromatic nitrogens is 1. The Bertz CT molecular complexity index is 499. The summed E-state index contributed by atoms with van der Waals surface area (Å²) in [5.74, 6) is 1.79. The van der Waals surface area contributed by atoms with E-state index in [0.29, 0.717) is 0 Å². The van der Waals surface area contributed by atoms with Gasteiger partial charge in [0.15, 0.2) is 5.76 Å². The van der Waals surface area contributed by atoms with E-state index in [1.54, 1.807) is 7.11 Å². The van der Waals surface area contributed by atoms with Crippen molar-refractivity contribution in [2.24, 2.45) is 0 Å². The molecule has 1 heterocycles. The maximum Gasteiger partial charge on any atom is 0.170 e. The van der Waals surface area contributed by atoms with Crippen LogP contribution in [-0.2, 0) is 12.8 Å². The van der Waals surface area contributed by atoms with Crippen molar-refractivity contribution in [3.05, 3.63) is 35.5 Å². The molecule has 3 rings (SSSR count). The molecular weight excluding hydrogens is 202 g/mol. The lowest BCUT2D eigenvalue weighted by Gasteiger charge is -2.01. The summed E-state index contributed by atoms with van der Waals surface area (Å²) < 4.78 is 10.5. The summed E-state index contributed by atoms with van der Waals surface area (Å²) >= 11 is 0. The Balaban J connectivity index is 2.01. The molecule has 0 fully saturated rings. The van der Waals surface area contributed by atoms with Crippen LogP contribution in [0.15, 0.2) is 28.8 Å². The number of rotatable bonds is 2. The van der Waals surface area contributed by atoms with Crippen LogP contribution in [0.3, 0.4) is 0 Å². The van der Waals surface area contributed by atoms with Crippen LogP contribution in [0, 0.1) is 0 Å². The second kappa shape index (κ2) is 3.67. The van der Waals surface area contributed by atoms with Crippen LogP contribution < -0.4 is 4.74 Å². The fraction of sp³-hybridized carbons (Fsp3) is 0.308. The molecule has 0 saturated heterocycles. The molecule has 0 N–H and O–H groups in total.